The van der Waals surface area contributed by atoms with Crippen LogP contribution >= 0.6 is 11.6 Å². The zero-order chi connectivity index (χ0) is 11.5. The van der Waals surface area contributed by atoms with Gasteiger partial charge in [-0.05, 0) is 35.5 Å². The monoisotopic (exact) mass is 234 g/mol. The highest BCUT2D eigenvalue weighted by Crippen LogP contribution is 2.32. The Bertz CT molecular complexity index is 452. The van der Waals surface area contributed by atoms with Crippen molar-refractivity contribution in [2.75, 3.05) is 0 Å². The molecule has 1 aliphatic carbocycles. The summed E-state index contributed by atoms with van der Waals surface area (Å²) in [4.78, 5) is 0. The van der Waals surface area contributed by atoms with Gasteiger partial charge in [-0.25, -0.2) is 0 Å². The molecule has 82 valence electrons. The van der Waals surface area contributed by atoms with Gasteiger partial charge in [0.2, 0.25) is 0 Å². The van der Waals surface area contributed by atoms with E-state index in [-0.39, 0.29) is 0 Å². The highest BCUT2D eigenvalue weighted by Gasteiger charge is 2.21. The van der Waals surface area contributed by atoms with Crippen molar-refractivity contribution in [2.45, 2.75) is 12.8 Å². The molecule has 0 saturated carbocycles. The van der Waals surface area contributed by atoms with Crippen LogP contribution in [0.1, 0.15) is 18.4 Å². The Hall–Kier alpha value is -1.03. The average molecular weight is 234 g/mol. The Morgan fingerprint density at radius 1 is 1.19 bits per heavy atom. The fourth-order valence-corrected chi connectivity index (χ4v) is 2.13. The molecule has 1 aromatic carbocycles. The van der Waals surface area contributed by atoms with E-state index in [1.54, 1.807) is 6.07 Å². The van der Waals surface area contributed by atoms with Gasteiger partial charge in [-0.3, -0.25) is 0 Å². The molecular formula is C12H12BClO2. The standard InChI is InChI=1S/C12H12BClO2/c14-12-8-4-2-6-10(12)9-5-1-3-7-11(9)13(15)16/h1-2,4-6,8,15-16H,3,7H2. The predicted octanol–water partition coefficient (Wildman–Crippen LogP) is 2.46. The van der Waals surface area contributed by atoms with E-state index < -0.39 is 7.12 Å². The second-order valence-corrected chi connectivity index (χ2v) is 4.14. The molecule has 2 rings (SSSR count). The summed E-state index contributed by atoms with van der Waals surface area (Å²) in [6.07, 6.45) is 5.42. The van der Waals surface area contributed by atoms with E-state index >= 15 is 0 Å². The van der Waals surface area contributed by atoms with Crippen LogP contribution in [-0.4, -0.2) is 17.2 Å². The summed E-state index contributed by atoms with van der Waals surface area (Å²) in [5.41, 5.74) is 2.31. The maximum Gasteiger partial charge on any atom is 0.484 e. The fraction of sp³-hybridized carbons (Fsp3) is 0.167. The van der Waals surface area contributed by atoms with Crippen molar-refractivity contribution in [2.24, 2.45) is 0 Å². The van der Waals surface area contributed by atoms with Crippen molar-refractivity contribution < 1.29 is 10.0 Å². The summed E-state index contributed by atoms with van der Waals surface area (Å²) in [5, 5.41) is 19.3. The summed E-state index contributed by atoms with van der Waals surface area (Å²) < 4.78 is 0. The topological polar surface area (TPSA) is 40.5 Å². The van der Waals surface area contributed by atoms with Crippen molar-refractivity contribution >= 4 is 24.3 Å². The molecule has 0 heterocycles. The van der Waals surface area contributed by atoms with Gasteiger partial charge in [0, 0.05) is 5.02 Å². The fourth-order valence-electron chi connectivity index (χ4n) is 1.89. The Labute approximate surface area is 100 Å². The zero-order valence-electron chi connectivity index (χ0n) is 8.73. The smallest absolute Gasteiger partial charge is 0.423 e. The van der Waals surface area contributed by atoms with Gasteiger partial charge in [0.15, 0.2) is 0 Å². The Balaban J connectivity index is 2.53. The summed E-state index contributed by atoms with van der Waals surface area (Å²) in [5.74, 6) is 0. The third kappa shape index (κ3) is 2.22. The van der Waals surface area contributed by atoms with Gasteiger partial charge in [0.1, 0.15) is 0 Å². The molecule has 0 amide bonds. The molecule has 0 aromatic heterocycles. The molecule has 0 atom stereocenters. The molecule has 2 N–H and O–H groups in total. The number of hydrogen-bond donors (Lipinski definition) is 2. The molecule has 0 bridgehead atoms. The Kier molecular flexibility index (Phi) is 3.49. The molecule has 4 heteroatoms. The number of benzene rings is 1. The van der Waals surface area contributed by atoms with E-state index in [9.17, 15) is 10.0 Å². The van der Waals surface area contributed by atoms with E-state index in [4.69, 9.17) is 11.6 Å². The lowest BCUT2D eigenvalue weighted by Gasteiger charge is -2.16. The van der Waals surface area contributed by atoms with Crippen LogP contribution in [0.4, 0.5) is 0 Å². The second-order valence-electron chi connectivity index (χ2n) is 3.73. The molecule has 0 fully saturated rings. The summed E-state index contributed by atoms with van der Waals surface area (Å²) in [6.45, 7) is 0. The lowest BCUT2D eigenvalue weighted by molar-refractivity contribution is 0.417. The third-order valence-electron chi connectivity index (χ3n) is 2.69. The molecular weight excluding hydrogens is 222 g/mol. The van der Waals surface area contributed by atoms with E-state index in [0.717, 1.165) is 17.6 Å². The van der Waals surface area contributed by atoms with Crippen LogP contribution in [0.25, 0.3) is 5.57 Å². The van der Waals surface area contributed by atoms with Gasteiger partial charge in [-0.1, -0.05) is 42.0 Å². The Morgan fingerprint density at radius 2 is 1.94 bits per heavy atom. The highest BCUT2D eigenvalue weighted by atomic mass is 35.5. The number of halogens is 1. The first kappa shape index (κ1) is 11.5. The van der Waals surface area contributed by atoms with E-state index in [0.29, 0.717) is 16.9 Å². The van der Waals surface area contributed by atoms with Crippen LogP contribution in [0.5, 0.6) is 0 Å². The molecule has 0 aliphatic heterocycles. The molecule has 0 spiro atoms. The minimum absolute atomic E-state index is 0.627. The maximum atomic E-state index is 9.32. The first-order valence-corrected chi connectivity index (χ1v) is 5.58. The Morgan fingerprint density at radius 3 is 2.62 bits per heavy atom. The van der Waals surface area contributed by atoms with Crippen LogP contribution in [-0.2, 0) is 0 Å². The molecule has 0 saturated heterocycles. The first-order valence-electron chi connectivity index (χ1n) is 5.21. The van der Waals surface area contributed by atoms with Crippen molar-refractivity contribution in [3.8, 4) is 0 Å². The summed E-state index contributed by atoms with van der Waals surface area (Å²) >= 11 is 6.10. The summed E-state index contributed by atoms with van der Waals surface area (Å²) in [6, 6.07) is 7.43. The SMILES string of the molecule is OB(O)C1=C(c2ccccc2Cl)C=CCC1. The van der Waals surface area contributed by atoms with Crippen LogP contribution in [0.2, 0.25) is 5.02 Å². The lowest BCUT2D eigenvalue weighted by Crippen LogP contribution is -2.18. The predicted molar refractivity (Wildman–Crippen MR) is 66.9 cm³/mol. The highest BCUT2D eigenvalue weighted by molar-refractivity contribution is 6.53. The van der Waals surface area contributed by atoms with Crippen molar-refractivity contribution in [3.63, 3.8) is 0 Å². The molecule has 1 aromatic rings. The molecule has 1 aliphatic rings. The zero-order valence-corrected chi connectivity index (χ0v) is 9.48. The largest absolute Gasteiger partial charge is 0.484 e. The van der Waals surface area contributed by atoms with Crippen LogP contribution in [0.3, 0.4) is 0 Å². The number of rotatable bonds is 2. The molecule has 16 heavy (non-hydrogen) atoms. The minimum Gasteiger partial charge on any atom is -0.423 e. The molecule has 2 nitrogen and oxygen atoms in total. The quantitative estimate of drug-likeness (QED) is 0.772. The van der Waals surface area contributed by atoms with E-state index in [1.165, 1.54) is 0 Å². The van der Waals surface area contributed by atoms with Crippen molar-refractivity contribution in [1.82, 2.24) is 0 Å². The first-order chi connectivity index (χ1) is 7.70. The lowest BCUT2D eigenvalue weighted by atomic mass is 9.70. The van der Waals surface area contributed by atoms with Gasteiger partial charge in [-0.2, -0.15) is 0 Å². The number of hydrogen-bond acceptors (Lipinski definition) is 2. The van der Waals surface area contributed by atoms with Crippen LogP contribution < -0.4 is 0 Å². The maximum absolute atomic E-state index is 9.32. The second kappa shape index (κ2) is 4.87. The van der Waals surface area contributed by atoms with Gasteiger partial charge in [0.05, 0.1) is 0 Å². The minimum atomic E-state index is -1.41. The van der Waals surface area contributed by atoms with Gasteiger partial charge >= 0.3 is 7.12 Å². The summed E-state index contributed by atoms with van der Waals surface area (Å²) in [7, 11) is -1.41. The van der Waals surface area contributed by atoms with E-state index in [2.05, 4.69) is 0 Å². The average Bonchev–Trinajstić information content (AvgIpc) is 2.29. The van der Waals surface area contributed by atoms with E-state index in [1.807, 2.05) is 30.4 Å². The number of allylic oxidation sites excluding steroid dienone is 4. The van der Waals surface area contributed by atoms with Crippen LogP contribution in [0, 0.1) is 0 Å². The van der Waals surface area contributed by atoms with Gasteiger partial charge in [0.25, 0.3) is 0 Å². The third-order valence-corrected chi connectivity index (χ3v) is 3.02. The van der Waals surface area contributed by atoms with Crippen molar-refractivity contribution in [1.29, 1.82) is 0 Å². The molecule has 0 unspecified atom stereocenters. The normalized spacial score (nSPS) is 15.4. The molecule has 0 radical (unpaired) electrons. The van der Waals surface area contributed by atoms with Gasteiger partial charge < -0.3 is 10.0 Å². The van der Waals surface area contributed by atoms with Crippen LogP contribution in [0.15, 0.2) is 41.9 Å². The van der Waals surface area contributed by atoms with Crippen molar-refractivity contribution in [3.05, 3.63) is 52.5 Å². The van der Waals surface area contributed by atoms with Gasteiger partial charge in [-0.15, -0.1) is 0 Å².